The summed E-state index contributed by atoms with van der Waals surface area (Å²) in [6, 6.07) is 11.1. The van der Waals surface area contributed by atoms with E-state index in [1.54, 1.807) is 24.3 Å². The highest BCUT2D eigenvalue weighted by molar-refractivity contribution is 7.89. The van der Waals surface area contributed by atoms with Crippen LogP contribution in [0.15, 0.2) is 70.6 Å². The topological polar surface area (TPSA) is 138 Å². The number of methoxy groups -OCH3 is 1. The SMILES string of the molecule is COc1cc(-c2ccc(S(=O)(=O)N3CC[C@@H](Nc4ccc(C(F)(F)F)cn4)[C@@H](O)C3)cc2)cc2cn[nH]c(=O)c12. The Bertz CT molecular complexity index is 1690. The smallest absolute Gasteiger partial charge is 0.417 e. The van der Waals surface area contributed by atoms with Gasteiger partial charge in [0.15, 0.2) is 0 Å². The number of nitrogens with one attached hydrogen (secondary N) is 2. The van der Waals surface area contributed by atoms with Gasteiger partial charge in [0.2, 0.25) is 10.0 Å². The first-order chi connectivity index (χ1) is 19.0. The Balaban J connectivity index is 1.30. The maximum Gasteiger partial charge on any atom is 0.417 e. The van der Waals surface area contributed by atoms with Crippen LogP contribution < -0.4 is 15.6 Å². The second-order valence-electron chi connectivity index (χ2n) is 9.27. The van der Waals surface area contributed by atoms with Crippen molar-refractivity contribution in [2.75, 3.05) is 25.5 Å². The van der Waals surface area contributed by atoms with Crippen LogP contribution in [0, 0.1) is 0 Å². The summed E-state index contributed by atoms with van der Waals surface area (Å²) in [6.45, 7) is -0.116. The maximum absolute atomic E-state index is 13.3. The predicted octanol–water partition coefficient (Wildman–Crippen LogP) is 3.25. The van der Waals surface area contributed by atoms with Crippen LogP contribution in [-0.4, -0.2) is 65.4 Å². The van der Waals surface area contributed by atoms with Gasteiger partial charge in [-0.05, 0) is 53.9 Å². The number of anilines is 1. The number of pyridine rings is 1. The van der Waals surface area contributed by atoms with E-state index in [-0.39, 0.29) is 35.8 Å². The number of benzene rings is 2. The van der Waals surface area contributed by atoms with Crippen molar-refractivity contribution in [3.8, 4) is 16.9 Å². The molecule has 1 aliphatic heterocycles. The first-order valence-electron chi connectivity index (χ1n) is 12.1. The number of halogens is 3. The highest BCUT2D eigenvalue weighted by Crippen LogP contribution is 2.32. The van der Waals surface area contributed by atoms with Crippen molar-refractivity contribution in [2.45, 2.75) is 29.6 Å². The Morgan fingerprint density at radius 3 is 2.48 bits per heavy atom. The monoisotopic (exact) mass is 575 g/mol. The van der Waals surface area contributed by atoms with Gasteiger partial charge in [0, 0.05) is 24.7 Å². The van der Waals surface area contributed by atoms with Crippen LogP contribution in [0.2, 0.25) is 0 Å². The van der Waals surface area contributed by atoms with E-state index in [9.17, 15) is 31.5 Å². The number of aliphatic hydroxyl groups is 1. The molecule has 5 rings (SSSR count). The van der Waals surface area contributed by atoms with Gasteiger partial charge in [-0.3, -0.25) is 4.79 Å². The van der Waals surface area contributed by atoms with Crippen molar-refractivity contribution >= 4 is 26.6 Å². The number of H-pyrrole nitrogens is 1. The Morgan fingerprint density at radius 2 is 1.85 bits per heavy atom. The third kappa shape index (κ3) is 5.37. The largest absolute Gasteiger partial charge is 0.496 e. The Hall–Kier alpha value is -4.01. The molecule has 0 spiro atoms. The third-order valence-corrected chi connectivity index (χ3v) is 8.62. The van der Waals surface area contributed by atoms with E-state index in [2.05, 4.69) is 20.5 Å². The molecule has 0 radical (unpaired) electrons. The number of sulfonamides is 1. The molecule has 0 unspecified atom stereocenters. The summed E-state index contributed by atoms with van der Waals surface area (Å²) in [5.74, 6) is 0.500. The number of alkyl halides is 3. The minimum absolute atomic E-state index is 0.0325. The second kappa shape index (κ2) is 10.5. The molecule has 2 aromatic heterocycles. The van der Waals surface area contributed by atoms with Crippen molar-refractivity contribution in [3.05, 3.63) is 76.8 Å². The van der Waals surface area contributed by atoms with E-state index in [4.69, 9.17) is 4.74 Å². The van der Waals surface area contributed by atoms with Gasteiger partial charge in [0.1, 0.15) is 11.6 Å². The minimum atomic E-state index is -4.51. The van der Waals surface area contributed by atoms with Gasteiger partial charge in [-0.1, -0.05) is 12.1 Å². The number of nitrogens with zero attached hydrogens (tertiary/aromatic N) is 3. The molecule has 40 heavy (non-hydrogen) atoms. The average molecular weight is 576 g/mol. The normalized spacial score (nSPS) is 18.5. The molecule has 0 bridgehead atoms. The number of ether oxygens (including phenoxy) is 1. The summed E-state index contributed by atoms with van der Waals surface area (Å²) in [7, 11) is -2.49. The quantitative estimate of drug-likeness (QED) is 0.319. The van der Waals surface area contributed by atoms with Crippen molar-refractivity contribution in [1.29, 1.82) is 0 Å². The zero-order valence-corrected chi connectivity index (χ0v) is 21.8. The number of piperidine rings is 1. The fraction of sp³-hybridized carbons (Fsp3) is 0.269. The van der Waals surface area contributed by atoms with Crippen molar-refractivity contribution < 1.29 is 31.4 Å². The van der Waals surface area contributed by atoms with Crippen LogP contribution in [0.25, 0.3) is 21.9 Å². The minimum Gasteiger partial charge on any atom is -0.496 e. The van der Waals surface area contributed by atoms with Crippen LogP contribution >= 0.6 is 0 Å². The predicted molar refractivity (Wildman–Crippen MR) is 140 cm³/mol. The van der Waals surface area contributed by atoms with Crippen LogP contribution in [0.3, 0.4) is 0 Å². The molecule has 10 nitrogen and oxygen atoms in total. The van der Waals surface area contributed by atoms with Crippen LogP contribution in [0.4, 0.5) is 19.0 Å². The molecule has 1 saturated heterocycles. The molecule has 210 valence electrons. The van der Waals surface area contributed by atoms with E-state index >= 15 is 0 Å². The standard InChI is InChI=1S/C26H24F3N5O5S/c1-39-22-11-16(10-17-12-31-33-25(36)24(17)22)15-2-5-19(6-3-15)40(37,38)34-9-8-20(21(35)14-34)32-23-7-4-18(13-30-23)26(27,28)29/h2-7,10-13,20-21,35H,8-9,14H2,1H3,(H,30,32)(H,33,36)/t20-,21+/m1/s1. The fourth-order valence-electron chi connectivity index (χ4n) is 4.62. The van der Waals surface area contributed by atoms with Crippen molar-refractivity contribution in [3.63, 3.8) is 0 Å². The summed E-state index contributed by atoms with van der Waals surface area (Å²) in [5.41, 5.74) is 0.1000. The zero-order valence-electron chi connectivity index (χ0n) is 21.0. The molecule has 4 aromatic rings. The number of β-amino-alcohol motifs (C(OH)–C–C–N with tert-alkyl or cyclic N) is 1. The number of rotatable bonds is 6. The van der Waals surface area contributed by atoms with Gasteiger partial charge >= 0.3 is 6.18 Å². The number of aromatic amines is 1. The summed E-state index contributed by atoms with van der Waals surface area (Å²) >= 11 is 0. The Morgan fingerprint density at radius 1 is 1.10 bits per heavy atom. The van der Waals surface area contributed by atoms with E-state index in [0.29, 0.717) is 33.8 Å². The van der Waals surface area contributed by atoms with Crippen molar-refractivity contribution in [2.24, 2.45) is 0 Å². The summed E-state index contributed by atoms with van der Waals surface area (Å²) < 4.78 is 71.4. The molecule has 3 heterocycles. The molecule has 3 N–H and O–H groups in total. The highest BCUT2D eigenvalue weighted by atomic mass is 32.2. The third-order valence-electron chi connectivity index (χ3n) is 6.74. The summed E-state index contributed by atoms with van der Waals surface area (Å²) in [6.07, 6.45) is -3.22. The first kappa shape index (κ1) is 27.6. The van der Waals surface area contributed by atoms with Gasteiger partial charge in [0.05, 0.1) is 41.3 Å². The lowest BCUT2D eigenvalue weighted by molar-refractivity contribution is -0.137. The molecule has 0 saturated carbocycles. The number of aromatic nitrogens is 3. The van der Waals surface area contributed by atoms with Gasteiger partial charge in [-0.15, -0.1) is 0 Å². The lowest BCUT2D eigenvalue weighted by Crippen LogP contribution is -2.51. The van der Waals surface area contributed by atoms with Gasteiger partial charge in [0.25, 0.3) is 5.56 Å². The molecule has 0 amide bonds. The first-order valence-corrected chi connectivity index (χ1v) is 13.6. The molecule has 1 fully saturated rings. The molecular weight excluding hydrogens is 551 g/mol. The van der Waals surface area contributed by atoms with Gasteiger partial charge < -0.3 is 15.2 Å². The molecule has 1 aliphatic rings. The molecular formula is C26H24F3N5O5S. The molecule has 14 heteroatoms. The lowest BCUT2D eigenvalue weighted by Gasteiger charge is -2.35. The summed E-state index contributed by atoms with van der Waals surface area (Å²) in [4.78, 5) is 15.9. The number of aliphatic hydroxyl groups excluding tert-OH is 1. The molecule has 0 aliphatic carbocycles. The van der Waals surface area contributed by atoms with Crippen molar-refractivity contribution in [1.82, 2.24) is 19.5 Å². The van der Waals surface area contributed by atoms with Crippen LogP contribution in [-0.2, 0) is 16.2 Å². The molecule has 2 aromatic carbocycles. The average Bonchev–Trinajstić information content (AvgIpc) is 2.93. The van der Waals surface area contributed by atoms with Gasteiger partial charge in [-0.2, -0.15) is 22.6 Å². The number of hydrogen-bond donors (Lipinski definition) is 3. The Kier molecular flexibility index (Phi) is 7.25. The van der Waals surface area contributed by atoms with Crippen LogP contribution in [0.1, 0.15) is 12.0 Å². The zero-order chi connectivity index (χ0) is 28.7. The van der Waals surface area contributed by atoms with Crippen LogP contribution in [0.5, 0.6) is 5.75 Å². The fourth-order valence-corrected chi connectivity index (χ4v) is 6.09. The van der Waals surface area contributed by atoms with E-state index in [1.807, 2.05) is 0 Å². The highest BCUT2D eigenvalue weighted by Gasteiger charge is 2.35. The van der Waals surface area contributed by atoms with Gasteiger partial charge in [-0.25, -0.2) is 18.5 Å². The number of fused-ring (bicyclic) bond motifs is 1. The number of hydrogen-bond acceptors (Lipinski definition) is 8. The maximum atomic E-state index is 13.3. The molecule has 2 atom stereocenters. The Labute approximate surface area is 226 Å². The van der Waals surface area contributed by atoms with E-state index < -0.39 is 33.9 Å². The van der Waals surface area contributed by atoms with E-state index in [0.717, 1.165) is 6.07 Å². The second-order valence-corrected chi connectivity index (χ2v) is 11.2. The summed E-state index contributed by atoms with van der Waals surface area (Å²) in [5, 5.41) is 20.6. The lowest BCUT2D eigenvalue weighted by atomic mass is 10.0. The van der Waals surface area contributed by atoms with E-state index in [1.165, 1.54) is 35.8 Å².